The maximum absolute atomic E-state index is 12.1. The lowest BCUT2D eigenvalue weighted by molar-refractivity contribution is -0.161. The number of carbonyl (C=O) groups is 2. The maximum Gasteiger partial charge on any atom is 0.320 e. The number of esters is 2. The van der Waals surface area contributed by atoms with Gasteiger partial charge in [0.15, 0.2) is 5.92 Å². The molecule has 0 N–H and O–H groups in total. The predicted octanol–water partition coefficient (Wildman–Crippen LogP) is 3.16. The Morgan fingerprint density at radius 1 is 1.08 bits per heavy atom. The number of aryl methyl sites for hydroxylation is 2. The summed E-state index contributed by atoms with van der Waals surface area (Å²) in [7, 11) is 2.02. The van der Waals surface area contributed by atoms with Gasteiger partial charge in [-0.25, -0.2) is 0 Å². The van der Waals surface area contributed by atoms with Gasteiger partial charge in [-0.2, -0.15) is 0 Å². The molecule has 1 aromatic carbocycles. The number of aromatic nitrogens is 1. The van der Waals surface area contributed by atoms with Gasteiger partial charge in [-0.1, -0.05) is 18.2 Å². The van der Waals surface area contributed by atoms with Crippen LogP contribution in [0.15, 0.2) is 24.3 Å². The van der Waals surface area contributed by atoms with Crippen LogP contribution in [0.3, 0.4) is 0 Å². The summed E-state index contributed by atoms with van der Waals surface area (Å²) < 4.78 is 12.2. The van der Waals surface area contributed by atoms with Crippen LogP contribution in [0.5, 0.6) is 0 Å². The van der Waals surface area contributed by atoms with Gasteiger partial charge in [0.05, 0.1) is 13.2 Å². The molecule has 2 rings (SSSR count). The molecule has 0 unspecified atom stereocenters. The van der Waals surface area contributed by atoms with Gasteiger partial charge in [-0.15, -0.1) is 0 Å². The average molecular weight is 331 g/mol. The molecular weight excluding hydrogens is 306 g/mol. The lowest BCUT2D eigenvalue weighted by Gasteiger charge is -2.14. The van der Waals surface area contributed by atoms with E-state index in [-0.39, 0.29) is 13.2 Å². The molecule has 0 fully saturated rings. The standard InChI is InChI=1S/C19H25NO4/c1-5-23-18(21)16(19(22)24-6-2)12-11-14-13(3)20(4)17-10-8-7-9-15(14)17/h7-10,16H,5-6,11-12H2,1-4H3. The number of para-hydroxylation sites is 1. The quantitative estimate of drug-likeness (QED) is 0.578. The molecule has 24 heavy (non-hydrogen) atoms. The summed E-state index contributed by atoms with van der Waals surface area (Å²) in [6.07, 6.45) is 1.00. The minimum Gasteiger partial charge on any atom is -0.465 e. The number of fused-ring (bicyclic) bond motifs is 1. The molecule has 0 bridgehead atoms. The molecule has 2 aromatic rings. The van der Waals surface area contributed by atoms with Crippen LogP contribution in [0, 0.1) is 12.8 Å². The summed E-state index contributed by atoms with van der Waals surface area (Å²) in [4.78, 5) is 24.2. The molecule has 5 nitrogen and oxygen atoms in total. The molecule has 0 saturated carbocycles. The van der Waals surface area contributed by atoms with Gasteiger partial charge in [0, 0.05) is 23.6 Å². The van der Waals surface area contributed by atoms with Crippen molar-refractivity contribution in [3.8, 4) is 0 Å². The second kappa shape index (κ2) is 7.99. The van der Waals surface area contributed by atoms with Crippen molar-refractivity contribution in [1.29, 1.82) is 0 Å². The van der Waals surface area contributed by atoms with Gasteiger partial charge < -0.3 is 14.0 Å². The van der Waals surface area contributed by atoms with Gasteiger partial charge >= 0.3 is 11.9 Å². The molecule has 0 saturated heterocycles. The first-order valence-corrected chi connectivity index (χ1v) is 8.37. The van der Waals surface area contributed by atoms with Crippen LogP contribution in [-0.4, -0.2) is 29.7 Å². The third-order valence-corrected chi connectivity index (χ3v) is 4.36. The van der Waals surface area contributed by atoms with Gasteiger partial charge in [-0.05, 0) is 45.2 Å². The fourth-order valence-corrected chi connectivity index (χ4v) is 3.02. The Morgan fingerprint density at radius 2 is 1.67 bits per heavy atom. The summed E-state index contributed by atoms with van der Waals surface area (Å²) in [5.41, 5.74) is 3.45. The zero-order valence-corrected chi connectivity index (χ0v) is 14.8. The van der Waals surface area contributed by atoms with Crippen LogP contribution in [0.25, 0.3) is 10.9 Å². The third-order valence-electron chi connectivity index (χ3n) is 4.36. The van der Waals surface area contributed by atoms with E-state index in [1.165, 1.54) is 0 Å². The highest BCUT2D eigenvalue weighted by Gasteiger charge is 2.29. The van der Waals surface area contributed by atoms with Crippen LogP contribution in [0.1, 0.15) is 31.5 Å². The molecule has 1 heterocycles. The molecule has 0 radical (unpaired) electrons. The van der Waals surface area contributed by atoms with E-state index in [0.717, 1.165) is 22.2 Å². The van der Waals surface area contributed by atoms with Gasteiger partial charge in [-0.3, -0.25) is 9.59 Å². The highest BCUT2D eigenvalue weighted by molar-refractivity contribution is 5.95. The van der Waals surface area contributed by atoms with Crippen LogP contribution >= 0.6 is 0 Å². The van der Waals surface area contributed by atoms with Crippen molar-refractivity contribution in [3.05, 3.63) is 35.5 Å². The minimum absolute atomic E-state index is 0.252. The maximum atomic E-state index is 12.1. The first-order chi connectivity index (χ1) is 11.5. The highest BCUT2D eigenvalue weighted by atomic mass is 16.6. The van der Waals surface area contributed by atoms with Crippen molar-refractivity contribution in [2.45, 2.75) is 33.6 Å². The SMILES string of the molecule is CCOC(=O)C(CCc1c(C)n(C)c2ccccc12)C(=O)OCC. The lowest BCUT2D eigenvalue weighted by atomic mass is 9.97. The molecule has 0 aliphatic carbocycles. The second-order valence-electron chi connectivity index (χ2n) is 5.74. The average Bonchev–Trinajstić information content (AvgIpc) is 2.81. The number of nitrogens with zero attached hydrogens (tertiary/aromatic N) is 1. The van der Waals surface area contributed by atoms with Crippen molar-refractivity contribution in [2.24, 2.45) is 13.0 Å². The fraction of sp³-hybridized carbons (Fsp3) is 0.474. The Morgan fingerprint density at radius 3 is 2.25 bits per heavy atom. The lowest BCUT2D eigenvalue weighted by Crippen LogP contribution is -2.28. The fourth-order valence-electron chi connectivity index (χ4n) is 3.02. The Hall–Kier alpha value is -2.30. The smallest absolute Gasteiger partial charge is 0.320 e. The van der Waals surface area contributed by atoms with Crippen molar-refractivity contribution in [2.75, 3.05) is 13.2 Å². The first kappa shape index (κ1) is 18.0. The van der Waals surface area contributed by atoms with Crippen molar-refractivity contribution >= 4 is 22.8 Å². The number of benzene rings is 1. The number of hydrogen-bond donors (Lipinski definition) is 0. The number of rotatable bonds is 7. The van der Waals surface area contributed by atoms with Crippen LogP contribution in [-0.2, 0) is 32.5 Å². The summed E-state index contributed by atoms with van der Waals surface area (Å²) in [5, 5.41) is 1.16. The van der Waals surface area contributed by atoms with Crippen molar-refractivity contribution < 1.29 is 19.1 Å². The zero-order chi connectivity index (χ0) is 17.7. The van der Waals surface area contributed by atoms with E-state index in [4.69, 9.17) is 9.47 Å². The Balaban J connectivity index is 2.24. The molecular formula is C19H25NO4. The largest absolute Gasteiger partial charge is 0.465 e. The van der Waals surface area contributed by atoms with E-state index in [1.54, 1.807) is 13.8 Å². The summed E-state index contributed by atoms with van der Waals surface area (Å²) >= 11 is 0. The minimum atomic E-state index is -0.872. The van der Waals surface area contributed by atoms with Gasteiger partial charge in [0.1, 0.15) is 0 Å². The normalized spacial score (nSPS) is 11.0. The van der Waals surface area contributed by atoms with Gasteiger partial charge in [0.2, 0.25) is 0 Å². The molecule has 5 heteroatoms. The summed E-state index contributed by atoms with van der Waals surface area (Å²) in [6, 6.07) is 8.15. The Labute approximate surface area is 142 Å². The molecule has 0 aliphatic rings. The molecule has 1 aromatic heterocycles. The molecule has 0 amide bonds. The summed E-state index contributed by atoms with van der Waals surface area (Å²) in [6.45, 7) is 6.02. The number of carbonyl (C=O) groups excluding carboxylic acids is 2. The van der Waals surface area contributed by atoms with E-state index < -0.39 is 17.9 Å². The number of hydrogen-bond acceptors (Lipinski definition) is 4. The molecule has 0 aliphatic heterocycles. The third kappa shape index (κ3) is 3.61. The zero-order valence-electron chi connectivity index (χ0n) is 14.8. The Kier molecular flexibility index (Phi) is 6.01. The van der Waals surface area contributed by atoms with E-state index >= 15 is 0 Å². The second-order valence-corrected chi connectivity index (χ2v) is 5.74. The van der Waals surface area contributed by atoms with Crippen LogP contribution in [0.2, 0.25) is 0 Å². The topological polar surface area (TPSA) is 57.5 Å². The molecule has 0 atom stereocenters. The van der Waals surface area contributed by atoms with Gasteiger partial charge in [0.25, 0.3) is 0 Å². The highest BCUT2D eigenvalue weighted by Crippen LogP contribution is 2.27. The monoisotopic (exact) mass is 331 g/mol. The van der Waals surface area contributed by atoms with E-state index in [1.807, 2.05) is 19.2 Å². The number of ether oxygens (including phenoxy) is 2. The summed E-state index contributed by atoms with van der Waals surface area (Å²) in [5.74, 6) is -1.88. The predicted molar refractivity (Wildman–Crippen MR) is 92.7 cm³/mol. The van der Waals surface area contributed by atoms with Crippen molar-refractivity contribution in [1.82, 2.24) is 4.57 Å². The van der Waals surface area contributed by atoms with E-state index in [0.29, 0.717) is 12.8 Å². The Bertz CT molecular complexity index is 714. The van der Waals surface area contributed by atoms with Crippen LogP contribution in [0.4, 0.5) is 0 Å². The van der Waals surface area contributed by atoms with E-state index in [9.17, 15) is 9.59 Å². The van der Waals surface area contributed by atoms with Crippen molar-refractivity contribution in [3.63, 3.8) is 0 Å². The molecule has 0 spiro atoms. The van der Waals surface area contributed by atoms with Crippen LogP contribution < -0.4 is 0 Å². The molecule has 130 valence electrons. The first-order valence-electron chi connectivity index (χ1n) is 8.37. The van der Waals surface area contributed by atoms with E-state index in [2.05, 4.69) is 23.6 Å².